The van der Waals surface area contributed by atoms with Gasteiger partial charge in [-0.2, -0.15) is 0 Å². The smallest absolute Gasteiger partial charge is 0 e. The number of carboxylic acids is 1. The van der Waals surface area contributed by atoms with Gasteiger partial charge in [-0.25, -0.2) is 4.79 Å². The van der Waals surface area contributed by atoms with Gasteiger partial charge < -0.3 is 28.2 Å². The third-order valence-corrected chi connectivity index (χ3v) is 5.70. The van der Waals surface area contributed by atoms with Crippen molar-refractivity contribution in [2.45, 2.75) is 45.4 Å². The van der Waals surface area contributed by atoms with Crippen LogP contribution in [-0.2, 0) is 108 Å². The Balaban J connectivity index is -0.0000000427. The van der Waals surface area contributed by atoms with Gasteiger partial charge in [-0.3, -0.25) is 4.79 Å². The number of benzene rings is 2. The van der Waals surface area contributed by atoms with E-state index in [4.69, 9.17) is 123 Å². The molecule has 1 saturated heterocycles. The summed E-state index contributed by atoms with van der Waals surface area (Å²) in [5, 5.41) is 9.30. The first-order valence-electron chi connectivity index (χ1n) is 16.7. The van der Waals surface area contributed by atoms with E-state index in [0.717, 1.165) is 61.5 Å². The van der Waals surface area contributed by atoms with Crippen molar-refractivity contribution >= 4 is 40.1 Å². The second-order valence-electron chi connectivity index (χ2n) is 9.06. The van der Waals surface area contributed by atoms with Crippen molar-refractivity contribution in [1.82, 2.24) is 0 Å². The fourth-order valence-corrected chi connectivity index (χ4v) is 3.66. The zero-order valence-corrected chi connectivity index (χ0v) is 40.5. The molecule has 0 atom stereocenters. The van der Waals surface area contributed by atoms with Crippen molar-refractivity contribution in [2.24, 2.45) is 0 Å². The normalized spacial score (nSPS) is 7.05. The van der Waals surface area contributed by atoms with Gasteiger partial charge >= 0.3 is 164 Å². The van der Waals surface area contributed by atoms with Gasteiger partial charge in [-0.05, 0) is 80.4 Å². The summed E-state index contributed by atoms with van der Waals surface area (Å²) in [4.78, 5) is 20.1. The minimum absolute atomic E-state index is 0. The van der Waals surface area contributed by atoms with Crippen LogP contribution >= 0.6 is 12.2 Å². The van der Waals surface area contributed by atoms with Crippen molar-refractivity contribution < 1.29 is 132 Å². The van der Waals surface area contributed by atoms with Crippen LogP contribution in [0, 0.1) is 122 Å². The number of terminal acetylenes is 2. The molecule has 1 fully saturated rings. The first-order chi connectivity index (χ1) is 34.8. The van der Waals surface area contributed by atoms with E-state index in [1.807, 2.05) is 36.4 Å². The minimum Gasteiger partial charge on any atom is 0 e. The molecule has 3 heterocycles. The summed E-state index contributed by atoms with van der Waals surface area (Å²) in [6, 6.07) is 18.0. The van der Waals surface area contributed by atoms with E-state index < -0.39 is 5.97 Å². The SMILES string of the molecule is C#CCCCOc1ccc2ccc(=O)oc2c1.C#CCCCOc1ccc2ccc(=S)oc2c1.C1CCOC1.CC(=O)O.[C-]#[O+].[C-]#[O+].[C-]#[O+].[C-]#[O+].[C-]#[O+].[C-]#[O+].[C-]#[O+].[C-]#[O+].[C-]#[O+].[C-]#[O+].[C-]#[O+].[C-]#[O+].[C-]#[O+].[C-]#[O+].[Co].[Co]. The molecule has 2 aromatic heterocycles. The number of fused-ring (bicyclic) bond motifs is 2. The average molecular weight is 1110 g/mol. The maximum atomic E-state index is 11.1. The van der Waals surface area contributed by atoms with E-state index in [9.17, 15) is 4.79 Å². The standard InChI is InChI=1S/C14H12O3.C14H12O2S.C4H8O.C2H4O2.14CO.2Co/c1-2-3-4-9-16-12-7-5-11-6-8-14(15)17-13(11)10-12;1-2-3-4-9-15-12-7-5-11-6-8-14(17)16-13(11)10-12;1-2-4-5-3-1;1-2(3)4;14*1-2;;/h2*1,5-8,10H,3-4,9H2;1-4H2;1H3,(H,3,4);;;;;;;;;;;;;;;;. The van der Waals surface area contributed by atoms with Crippen LogP contribution in [0.25, 0.3) is 21.9 Å². The Hall–Kier alpha value is -7.20. The van der Waals surface area contributed by atoms with Crippen LogP contribution in [0.1, 0.15) is 45.4 Å². The van der Waals surface area contributed by atoms with Crippen LogP contribution in [0.3, 0.4) is 0 Å². The molecular formula is C48H36Co2O22S. The van der Waals surface area contributed by atoms with E-state index in [1.54, 1.807) is 18.2 Å². The number of hydrogen-bond donors (Lipinski definition) is 1. The zero-order chi connectivity index (χ0) is 59.3. The van der Waals surface area contributed by atoms with E-state index in [1.165, 1.54) is 18.9 Å². The second kappa shape index (κ2) is 120. The van der Waals surface area contributed by atoms with Crippen LogP contribution in [0.4, 0.5) is 0 Å². The molecule has 4 aromatic rings. The first kappa shape index (κ1) is 107. The van der Waals surface area contributed by atoms with Gasteiger partial charge in [-0.1, -0.05) is 0 Å². The number of aliphatic carboxylic acids is 1. The Morgan fingerprint density at radius 2 is 0.822 bits per heavy atom. The Bertz CT molecular complexity index is 2040. The molecule has 0 unspecified atom stereocenters. The van der Waals surface area contributed by atoms with E-state index >= 15 is 0 Å². The fourth-order valence-electron chi connectivity index (χ4n) is 3.50. The molecular weight excluding hydrogens is 1080 g/mol. The zero-order valence-electron chi connectivity index (χ0n) is 37.6. The number of rotatable bonds is 8. The van der Waals surface area contributed by atoms with Gasteiger partial charge in [0, 0.05) is 95.5 Å². The number of carbonyl (C=O) groups is 1. The fraction of sp³-hybridized carbons (Fsp3) is 0.229. The van der Waals surface area contributed by atoms with Crippen molar-refractivity contribution in [1.29, 1.82) is 0 Å². The molecule has 2 aromatic carbocycles. The Kier molecular flexibility index (Phi) is 177. The van der Waals surface area contributed by atoms with Gasteiger partial charge in [0.15, 0.2) is 4.71 Å². The summed E-state index contributed by atoms with van der Waals surface area (Å²) in [5.74, 6) is 5.76. The van der Waals surface area contributed by atoms with Crippen LogP contribution < -0.4 is 15.1 Å². The van der Waals surface area contributed by atoms with Crippen molar-refractivity contribution in [2.75, 3.05) is 26.4 Å². The van der Waals surface area contributed by atoms with Gasteiger partial charge in [0.2, 0.25) is 0 Å². The molecule has 0 amide bonds. The number of ether oxygens (including phenoxy) is 3. The molecule has 0 saturated carbocycles. The number of hydrogen-bond acceptors (Lipinski definition) is 8. The number of unbranched alkanes of at least 4 members (excludes halogenated alkanes) is 2. The molecule has 0 bridgehead atoms. The summed E-state index contributed by atoms with van der Waals surface area (Å²) < 4.78 is 132. The molecule has 73 heavy (non-hydrogen) atoms. The summed E-state index contributed by atoms with van der Waals surface area (Å²) in [7, 11) is 0. The van der Waals surface area contributed by atoms with E-state index in [2.05, 4.69) is 105 Å². The summed E-state index contributed by atoms with van der Waals surface area (Å²) >= 11 is 4.98. The first-order valence-corrected chi connectivity index (χ1v) is 17.1. The quantitative estimate of drug-likeness (QED) is 0.0478. The summed E-state index contributed by atoms with van der Waals surface area (Å²) in [6.45, 7) is 67.3. The topological polar surface area (TPSA) is 387 Å². The molecule has 1 aliphatic heterocycles. The van der Waals surface area contributed by atoms with Gasteiger partial charge in [0.05, 0.1) is 13.2 Å². The van der Waals surface area contributed by atoms with Gasteiger partial charge in [0.1, 0.15) is 22.7 Å². The maximum absolute atomic E-state index is 11.1. The van der Waals surface area contributed by atoms with E-state index in [0.29, 0.717) is 35.7 Å². The molecule has 1 aliphatic rings. The van der Waals surface area contributed by atoms with Crippen LogP contribution in [0.5, 0.6) is 11.5 Å². The second-order valence-corrected chi connectivity index (χ2v) is 9.46. The van der Waals surface area contributed by atoms with E-state index in [-0.39, 0.29) is 39.2 Å². The molecule has 0 aliphatic carbocycles. The molecule has 25 heteroatoms. The molecule has 2 radical (unpaired) electrons. The van der Waals surface area contributed by atoms with Crippen LogP contribution in [0.15, 0.2) is 74.3 Å². The van der Waals surface area contributed by atoms with Gasteiger partial charge in [0.25, 0.3) is 5.97 Å². The van der Waals surface area contributed by atoms with Crippen LogP contribution in [-0.4, -0.2) is 37.5 Å². The van der Waals surface area contributed by atoms with Crippen molar-refractivity contribution in [3.63, 3.8) is 0 Å². The number of carboxylic acid groups (broad SMARTS) is 1. The molecule has 22 nitrogen and oxygen atoms in total. The third-order valence-electron chi connectivity index (χ3n) is 5.48. The predicted octanol–water partition coefficient (Wildman–Crippen LogP) is 6.90. The molecule has 0 spiro atoms. The summed E-state index contributed by atoms with van der Waals surface area (Å²) in [6.07, 6.45) is 16.0. The Morgan fingerprint density at radius 3 is 1.10 bits per heavy atom. The summed E-state index contributed by atoms with van der Waals surface area (Å²) in [5.41, 5.74) is 0.917. The largest absolute Gasteiger partial charge is 0 e. The Labute approximate surface area is 446 Å². The maximum Gasteiger partial charge on any atom is 0 e. The van der Waals surface area contributed by atoms with Gasteiger partial charge in [-0.15, -0.1) is 24.7 Å². The van der Waals surface area contributed by atoms with Crippen molar-refractivity contribution in [3.05, 3.63) is 169 Å². The Morgan fingerprint density at radius 1 is 0.548 bits per heavy atom. The average Bonchev–Trinajstić information content (AvgIpc) is 4.08. The van der Waals surface area contributed by atoms with Crippen molar-refractivity contribution in [3.8, 4) is 36.2 Å². The minimum atomic E-state index is -0.833. The molecule has 1 N–H and O–H groups in total. The van der Waals surface area contributed by atoms with Crippen LogP contribution in [0.2, 0.25) is 0 Å². The molecule has 384 valence electrons. The third kappa shape index (κ3) is 88.3. The monoisotopic (exact) mass is 1110 g/mol. The molecule has 5 rings (SSSR count). The predicted molar refractivity (Wildman–Crippen MR) is 225 cm³/mol.